The molecule has 3 aromatic rings. The molecule has 1 heterocycles. The lowest BCUT2D eigenvalue weighted by Crippen LogP contribution is -2.19. The Morgan fingerprint density at radius 3 is 2.77 bits per heavy atom. The van der Waals surface area contributed by atoms with Gasteiger partial charge in [0.25, 0.3) is 0 Å². The van der Waals surface area contributed by atoms with Crippen LogP contribution in [0, 0.1) is 6.92 Å². The normalized spacial score (nSPS) is 10.6. The zero-order chi connectivity index (χ0) is 21.5. The van der Waals surface area contributed by atoms with Crippen molar-refractivity contribution in [3.8, 4) is 11.6 Å². The van der Waals surface area contributed by atoms with Crippen molar-refractivity contribution in [2.24, 2.45) is 5.16 Å². The Morgan fingerprint density at radius 2 is 2.03 bits per heavy atom. The van der Waals surface area contributed by atoms with Crippen LogP contribution in [0.2, 0.25) is 5.02 Å². The molecule has 0 unspecified atom stereocenters. The number of hydrogen-bond acceptors (Lipinski definition) is 7. The first-order valence-corrected chi connectivity index (χ1v) is 9.13. The standard InChI is InChI=1S/C20H19ClN6O3/c1-12-4-3-5-13(8-12)26-20(28)27-17-7-6-14(9-16(17)21)30-19-15(10-25-29-2)18(22)23-11-24-19/h3-11H,1-2H3,(H2,22,23,24)(H2,26,27,28)/b25-10+. The van der Waals surface area contributed by atoms with Gasteiger partial charge < -0.3 is 25.9 Å². The fourth-order valence-electron chi connectivity index (χ4n) is 2.48. The summed E-state index contributed by atoms with van der Waals surface area (Å²) in [6.45, 7) is 1.94. The number of amides is 2. The Labute approximate surface area is 177 Å². The monoisotopic (exact) mass is 426 g/mol. The van der Waals surface area contributed by atoms with Crippen LogP contribution in [0.5, 0.6) is 11.6 Å². The second kappa shape index (κ2) is 9.57. The largest absolute Gasteiger partial charge is 0.438 e. The number of carbonyl (C=O) groups is 1. The lowest BCUT2D eigenvalue weighted by atomic mass is 10.2. The third kappa shape index (κ3) is 5.36. The average Bonchev–Trinajstić information content (AvgIpc) is 2.70. The molecule has 2 amide bonds. The van der Waals surface area contributed by atoms with E-state index in [9.17, 15) is 4.79 Å². The fraction of sp³-hybridized carbons (Fsp3) is 0.100. The molecule has 9 nitrogen and oxygen atoms in total. The molecule has 3 rings (SSSR count). The summed E-state index contributed by atoms with van der Waals surface area (Å²) in [5, 5.41) is 9.39. The molecule has 0 spiro atoms. The SMILES string of the molecule is CO/N=C/c1c(N)ncnc1Oc1ccc(NC(=O)Nc2cccc(C)c2)c(Cl)c1. The minimum atomic E-state index is -0.419. The van der Waals surface area contributed by atoms with Crippen molar-refractivity contribution in [1.82, 2.24) is 9.97 Å². The number of nitrogen functional groups attached to an aromatic ring is 1. The molecule has 1 aromatic heterocycles. The Kier molecular flexibility index (Phi) is 6.66. The number of oxime groups is 1. The van der Waals surface area contributed by atoms with E-state index in [0.717, 1.165) is 5.56 Å². The van der Waals surface area contributed by atoms with Crippen LogP contribution in [0.4, 0.5) is 22.0 Å². The van der Waals surface area contributed by atoms with Gasteiger partial charge in [0.15, 0.2) is 0 Å². The molecular formula is C20H19ClN6O3. The van der Waals surface area contributed by atoms with Crippen LogP contribution in [0.25, 0.3) is 0 Å². The number of aromatic nitrogens is 2. The van der Waals surface area contributed by atoms with Gasteiger partial charge in [-0.1, -0.05) is 28.9 Å². The van der Waals surface area contributed by atoms with Crippen molar-refractivity contribution in [2.45, 2.75) is 6.92 Å². The Hall–Kier alpha value is -3.85. The smallest absolute Gasteiger partial charge is 0.323 e. The molecule has 4 N–H and O–H groups in total. The van der Waals surface area contributed by atoms with Gasteiger partial charge in [-0.25, -0.2) is 14.8 Å². The molecule has 30 heavy (non-hydrogen) atoms. The van der Waals surface area contributed by atoms with Crippen LogP contribution in [-0.2, 0) is 4.84 Å². The number of rotatable bonds is 6. The van der Waals surface area contributed by atoms with Crippen LogP contribution in [0.1, 0.15) is 11.1 Å². The van der Waals surface area contributed by atoms with E-state index in [1.807, 2.05) is 25.1 Å². The van der Waals surface area contributed by atoms with Crippen molar-refractivity contribution in [2.75, 3.05) is 23.5 Å². The highest BCUT2D eigenvalue weighted by Crippen LogP contribution is 2.31. The van der Waals surface area contributed by atoms with Crippen LogP contribution >= 0.6 is 11.6 Å². The third-order valence-corrected chi connectivity index (χ3v) is 4.16. The van der Waals surface area contributed by atoms with E-state index in [0.29, 0.717) is 22.7 Å². The van der Waals surface area contributed by atoms with Gasteiger partial charge >= 0.3 is 6.03 Å². The maximum absolute atomic E-state index is 12.2. The first kappa shape index (κ1) is 20.9. The number of urea groups is 1. The van der Waals surface area contributed by atoms with Crippen LogP contribution in [0.15, 0.2) is 53.9 Å². The highest BCUT2D eigenvalue weighted by atomic mass is 35.5. The number of aryl methyl sites for hydroxylation is 1. The molecule has 0 saturated carbocycles. The van der Waals surface area contributed by atoms with Crippen LogP contribution in [0.3, 0.4) is 0 Å². The van der Waals surface area contributed by atoms with E-state index in [2.05, 4.69) is 30.6 Å². The molecule has 154 valence electrons. The van der Waals surface area contributed by atoms with Gasteiger partial charge in [-0.2, -0.15) is 0 Å². The lowest BCUT2D eigenvalue weighted by molar-refractivity contribution is 0.215. The minimum absolute atomic E-state index is 0.178. The molecule has 0 bridgehead atoms. The Balaban J connectivity index is 1.72. The number of halogens is 1. The number of carbonyl (C=O) groups excluding carboxylic acids is 1. The number of nitrogens with zero attached hydrogens (tertiary/aromatic N) is 3. The second-order valence-electron chi connectivity index (χ2n) is 6.09. The van der Waals surface area contributed by atoms with Crippen molar-refractivity contribution in [3.05, 3.63) is 64.9 Å². The van der Waals surface area contributed by atoms with E-state index >= 15 is 0 Å². The zero-order valence-electron chi connectivity index (χ0n) is 16.2. The highest BCUT2D eigenvalue weighted by Gasteiger charge is 2.12. The first-order valence-electron chi connectivity index (χ1n) is 8.75. The van der Waals surface area contributed by atoms with Crippen molar-refractivity contribution in [3.63, 3.8) is 0 Å². The quantitative estimate of drug-likeness (QED) is 0.395. The number of nitrogens with two attached hydrogens (primary N) is 1. The van der Waals surface area contributed by atoms with Crippen molar-refractivity contribution in [1.29, 1.82) is 0 Å². The van der Waals surface area contributed by atoms with Crippen molar-refractivity contribution < 1.29 is 14.4 Å². The third-order valence-electron chi connectivity index (χ3n) is 3.84. The number of ether oxygens (including phenoxy) is 1. The summed E-state index contributed by atoms with van der Waals surface area (Å²) in [6.07, 6.45) is 2.61. The fourth-order valence-corrected chi connectivity index (χ4v) is 2.70. The molecule has 0 aliphatic rings. The van der Waals surface area contributed by atoms with Crippen LogP contribution < -0.4 is 21.1 Å². The average molecular weight is 427 g/mol. The predicted octanol–water partition coefficient (Wildman–Crippen LogP) is 4.44. The van der Waals surface area contributed by atoms with Gasteiger partial charge in [0.1, 0.15) is 30.6 Å². The Bertz CT molecular complexity index is 1090. The molecule has 0 aliphatic carbocycles. The maximum Gasteiger partial charge on any atom is 0.323 e. The number of nitrogens with one attached hydrogen (secondary N) is 2. The summed E-state index contributed by atoms with van der Waals surface area (Å²) in [4.78, 5) is 24.9. The predicted molar refractivity (Wildman–Crippen MR) is 116 cm³/mol. The van der Waals surface area contributed by atoms with E-state index in [4.69, 9.17) is 22.1 Å². The summed E-state index contributed by atoms with van der Waals surface area (Å²) in [7, 11) is 1.40. The summed E-state index contributed by atoms with van der Waals surface area (Å²) >= 11 is 6.30. The van der Waals surface area contributed by atoms with Gasteiger partial charge in [-0.05, 0) is 36.8 Å². The van der Waals surface area contributed by atoms with Gasteiger partial charge in [0.2, 0.25) is 5.88 Å². The van der Waals surface area contributed by atoms with Gasteiger partial charge in [-0.15, -0.1) is 0 Å². The summed E-state index contributed by atoms with van der Waals surface area (Å²) in [5.74, 6) is 0.741. The minimum Gasteiger partial charge on any atom is -0.438 e. The molecule has 0 radical (unpaired) electrons. The molecule has 0 saturated heterocycles. The lowest BCUT2D eigenvalue weighted by Gasteiger charge is -2.12. The molecule has 10 heteroatoms. The molecule has 2 aromatic carbocycles. The molecular weight excluding hydrogens is 408 g/mol. The summed E-state index contributed by atoms with van der Waals surface area (Å²) in [6, 6.07) is 11.8. The van der Waals surface area contributed by atoms with E-state index < -0.39 is 6.03 Å². The number of benzene rings is 2. The van der Waals surface area contributed by atoms with Crippen LogP contribution in [-0.4, -0.2) is 29.3 Å². The summed E-state index contributed by atoms with van der Waals surface area (Å²) in [5.41, 5.74) is 8.32. The number of anilines is 3. The number of hydrogen-bond donors (Lipinski definition) is 3. The topological polar surface area (TPSA) is 124 Å². The Morgan fingerprint density at radius 1 is 1.20 bits per heavy atom. The van der Waals surface area contributed by atoms with Crippen molar-refractivity contribution >= 4 is 41.0 Å². The van der Waals surface area contributed by atoms with E-state index in [1.165, 1.54) is 19.7 Å². The van der Waals surface area contributed by atoms with Gasteiger partial charge in [0, 0.05) is 11.8 Å². The summed E-state index contributed by atoms with van der Waals surface area (Å²) < 4.78 is 5.75. The molecule has 0 aliphatic heterocycles. The molecule has 0 fully saturated rings. The maximum atomic E-state index is 12.2. The van der Waals surface area contributed by atoms with Gasteiger partial charge in [0.05, 0.1) is 16.9 Å². The van der Waals surface area contributed by atoms with E-state index in [-0.39, 0.29) is 16.7 Å². The van der Waals surface area contributed by atoms with Gasteiger partial charge in [-0.3, -0.25) is 0 Å². The first-order chi connectivity index (χ1) is 14.5. The highest BCUT2D eigenvalue weighted by molar-refractivity contribution is 6.34. The second-order valence-corrected chi connectivity index (χ2v) is 6.49. The van der Waals surface area contributed by atoms with E-state index in [1.54, 1.807) is 24.3 Å². The zero-order valence-corrected chi connectivity index (χ0v) is 17.0. The molecule has 0 atom stereocenters.